The van der Waals surface area contributed by atoms with E-state index in [1.165, 1.54) is 11.0 Å². The SMILES string of the molecule is COc1cccc(Nc2cc(-n3nc(Nc4ccccc4)nc3N)ncn2)c1. The van der Waals surface area contributed by atoms with Crippen LogP contribution in [0.3, 0.4) is 0 Å². The molecule has 0 unspecified atom stereocenters. The Morgan fingerprint density at radius 3 is 2.57 bits per heavy atom. The van der Waals surface area contributed by atoms with Crippen LogP contribution >= 0.6 is 0 Å². The predicted octanol–water partition coefficient (Wildman–Crippen LogP) is 3.14. The second kappa shape index (κ2) is 7.62. The molecule has 140 valence electrons. The second-order valence-electron chi connectivity index (χ2n) is 5.81. The molecule has 2 aromatic heterocycles. The zero-order valence-corrected chi connectivity index (χ0v) is 15.1. The standard InChI is InChI=1S/C19H18N8O/c1-28-15-9-5-8-14(10-15)23-16-11-17(22-12-21-16)27-18(20)25-19(26-27)24-13-6-3-2-4-7-13/h2-12H,1H3,(H,21,22,23)(H3,20,24,25,26). The van der Waals surface area contributed by atoms with Crippen molar-refractivity contribution in [3.8, 4) is 11.6 Å². The molecule has 2 aromatic carbocycles. The molecule has 0 atom stereocenters. The summed E-state index contributed by atoms with van der Waals surface area (Å²) in [5.74, 6) is 2.42. The molecule has 0 aliphatic carbocycles. The number of nitrogens with two attached hydrogens (primary N) is 1. The fourth-order valence-electron chi connectivity index (χ4n) is 2.58. The van der Waals surface area contributed by atoms with Gasteiger partial charge in [-0.1, -0.05) is 24.3 Å². The van der Waals surface area contributed by atoms with Crippen LogP contribution in [0.25, 0.3) is 5.82 Å². The summed E-state index contributed by atoms with van der Waals surface area (Å²) in [6.45, 7) is 0. The van der Waals surface area contributed by atoms with E-state index in [9.17, 15) is 0 Å². The number of methoxy groups -OCH3 is 1. The van der Waals surface area contributed by atoms with Crippen LogP contribution in [0.1, 0.15) is 0 Å². The van der Waals surface area contributed by atoms with Crippen molar-refractivity contribution in [2.45, 2.75) is 0 Å². The van der Waals surface area contributed by atoms with Gasteiger partial charge in [-0.05, 0) is 24.3 Å². The number of hydrogen-bond donors (Lipinski definition) is 3. The van der Waals surface area contributed by atoms with Gasteiger partial charge in [-0.25, -0.2) is 9.97 Å². The molecule has 0 saturated carbocycles. The molecular weight excluding hydrogens is 356 g/mol. The number of ether oxygens (including phenoxy) is 1. The van der Waals surface area contributed by atoms with Gasteiger partial charge in [0.2, 0.25) is 11.9 Å². The molecule has 0 amide bonds. The number of benzene rings is 2. The summed E-state index contributed by atoms with van der Waals surface area (Å²) in [5.41, 5.74) is 7.72. The average molecular weight is 374 g/mol. The van der Waals surface area contributed by atoms with E-state index < -0.39 is 0 Å². The Bertz CT molecular complexity index is 1080. The first-order valence-electron chi connectivity index (χ1n) is 8.49. The van der Waals surface area contributed by atoms with Crippen LogP contribution in [0.2, 0.25) is 0 Å². The average Bonchev–Trinajstić information content (AvgIpc) is 3.09. The molecular formula is C19H18N8O. The minimum absolute atomic E-state index is 0.212. The maximum Gasteiger partial charge on any atom is 0.248 e. The lowest BCUT2D eigenvalue weighted by Gasteiger charge is -2.08. The van der Waals surface area contributed by atoms with E-state index in [4.69, 9.17) is 10.5 Å². The predicted molar refractivity (Wildman–Crippen MR) is 107 cm³/mol. The number of hydrogen-bond acceptors (Lipinski definition) is 8. The highest BCUT2D eigenvalue weighted by Crippen LogP contribution is 2.22. The molecule has 0 fully saturated rings. The molecule has 0 spiro atoms. The van der Waals surface area contributed by atoms with Crippen LogP contribution in [-0.2, 0) is 0 Å². The number of nitrogens with zero attached hydrogens (tertiary/aromatic N) is 5. The minimum Gasteiger partial charge on any atom is -0.497 e. The third kappa shape index (κ3) is 3.83. The van der Waals surface area contributed by atoms with Gasteiger partial charge in [0.15, 0.2) is 5.82 Å². The summed E-state index contributed by atoms with van der Waals surface area (Å²) in [6.07, 6.45) is 1.43. The molecule has 0 saturated heterocycles. The van der Waals surface area contributed by atoms with Gasteiger partial charge in [-0.3, -0.25) is 0 Å². The van der Waals surface area contributed by atoms with Crippen LogP contribution in [0, 0.1) is 0 Å². The lowest BCUT2D eigenvalue weighted by Crippen LogP contribution is -2.06. The topological polar surface area (TPSA) is 116 Å². The molecule has 0 radical (unpaired) electrons. The summed E-state index contributed by atoms with van der Waals surface area (Å²) in [6, 6.07) is 18.9. The molecule has 0 bridgehead atoms. The Balaban J connectivity index is 1.57. The lowest BCUT2D eigenvalue weighted by atomic mass is 10.3. The zero-order chi connectivity index (χ0) is 19.3. The van der Waals surface area contributed by atoms with E-state index in [1.54, 1.807) is 13.2 Å². The zero-order valence-electron chi connectivity index (χ0n) is 15.1. The molecule has 9 heteroatoms. The van der Waals surface area contributed by atoms with Gasteiger partial charge < -0.3 is 21.1 Å². The summed E-state index contributed by atoms with van der Waals surface area (Å²) in [5, 5.41) is 10.7. The monoisotopic (exact) mass is 374 g/mol. The Kier molecular flexibility index (Phi) is 4.70. The van der Waals surface area contributed by atoms with Gasteiger partial charge in [0.25, 0.3) is 0 Å². The lowest BCUT2D eigenvalue weighted by molar-refractivity contribution is 0.415. The van der Waals surface area contributed by atoms with E-state index in [0.29, 0.717) is 17.6 Å². The van der Waals surface area contributed by atoms with Crippen molar-refractivity contribution in [2.24, 2.45) is 0 Å². The number of nitrogen functional groups attached to an aromatic ring is 1. The minimum atomic E-state index is 0.212. The number of anilines is 5. The maximum absolute atomic E-state index is 6.02. The molecule has 0 aliphatic rings. The first kappa shape index (κ1) is 17.3. The highest BCUT2D eigenvalue weighted by atomic mass is 16.5. The van der Waals surface area contributed by atoms with Crippen molar-refractivity contribution in [1.29, 1.82) is 0 Å². The van der Waals surface area contributed by atoms with Crippen molar-refractivity contribution >= 4 is 29.1 Å². The second-order valence-corrected chi connectivity index (χ2v) is 5.81. The molecule has 0 aliphatic heterocycles. The normalized spacial score (nSPS) is 10.5. The van der Waals surface area contributed by atoms with Crippen LogP contribution in [0.15, 0.2) is 67.0 Å². The fraction of sp³-hybridized carbons (Fsp3) is 0.0526. The molecule has 4 rings (SSSR count). The third-order valence-corrected chi connectivity index (χ3v) is 3.87. The van der Waals surface area contributed by atoms with Crippen LogP contribution in [-0.4, -0.2) is 31.8 Å². The van der Waals surface area contributed by atoms with E-state index in [-0.39, 0.29) is 5.95 Å². The van der Waals surface area contributed by atoms with E-state index in [1.807, 2.05) is 54.6 Å². The number of rotatable bonds is 6. The van der Waals surface area contributed by atoms with Gasteiger partial charge in [0.1, 0.15) is 17.9 Å². The van der Waals surface area contributed by atoms with Gasteiger partial charge in [-0.15, -0.1) is 5.10 Å². The highest BCUT2D eigenvalue weighted by molar-refractivity contribution is 5.60. The summed E-state index contributed by atoms with van der Waals surface area (Å²) in [7, 11) is 1.62. The summed E-state index contributed by atoms with van der Waals surface area (Å²) >= 11 is 0. The van der Waals surface area contributed by atoms with Crippen molar-refractivity contribution in [3.63, 3.8) is 0 Å². The molecule has 9 nitrogen and oxygen atoms in total. The highest BCUT2D eigenvalue weighted by Gasteiger charge is 2.11. The van der Waals surface area contributed by atoms with E-state index >= 15 is 0 Å². The molecule has 2 heterocycles. The number of aromatic nitrogens is 5. The van der Waals surface area contributed by atoms with Crippen LogP contribution < -0.4 is 21.1 Å². The van der Waals surface area contributed by atoms with Crippen molar-refractivity contribution in [2.75, 3.05) is 23.5 Å². The van der Waals surface area contributed by atoms with Crippen LogP contribution in [0.4, 0.5) is 29.1 Å². The first-order chi connectivity index (χ1) is 13.7. The smallest absolute Gasteiger partial charge is 0.248 e. The van der Waals surface area contributed by atoms with E-state index in [0.717, 1.165) is 17.1 Å². The summed E-state index contributed by atoms with van der Waals surface area (Å²) < 4.78 is 6.68. The largest absolute Gasteiger partial charge is 0.497 e. The molecule has 28 heavy (non-hydrogen) atoms. The Labute approximate surface area is 161 Å². The van der Waals surface area contributed by atoms with Crippen LogP contribution in [0.5, 0.6) is 5.75 Å². The van der Waals surface area contributed by atoms with Crippen molar-refractivity contribution in [1.82, 2.24) is 24.7 Å². The number of para-hydroxylation sites is 1. The Morgan fingerprint density at radius 2 is 1.75 bits per heavy atom. The van der Waals surface area contributed by atoms with Gasteiger partial charge in [-0.2, -0.15) is 9.67 Å². The van der Waals surface area contributed by atoms with Crippen molar-refractivity contribution < 1.29 is 4.74 Å². The maximum atomic E-state index is 6.02. The van der Waals surface area contributed by atoms with Crippen molar-refractivity contribution in [3.05, 3.63) is 67.0 Å². The third-order valence-electron chi connectivity index (χ3n) is 3.87. The van der Waals surface area contributed by atoms with Gasteiger partial charge >= 0.3 is 0 Å². The fourth-order valence-corrected chi connectivity index (χ4v) is 2.58. The van der Waals surface area contributed by atoms with Gasteiger partial charge in [0.05, 0.1) is 7.11 Å². The van der Waals surface area contributed by atoms with Gasteiger partial charge in [0, 0.05) is 23.5 Å². The van der Waals surface area contributed by atoms with E-state index in [2.05, 4.69) is 30.7 Å². The summed E-state index contributed by atoms with van der Waals surface area (Å²) in [4.78, 5) is 12.7. The Morgan fingerprint density at radius 1 is 0.929 bits per heavy atom. The first-order valence-corrected chi connectivity index (χ1v) is 8.49. The number of nitrogens with one attached hydrogen (secondary N) is 2. The Hall–Kier alpha value is -4.14. The molecule has 4 N–H and O–H groups in total. The quantitative estimate of drug-likeness (QED) is 0.471. The molecule has 4 aromatic rings.